The highest BCUT2D eigenvalue weighted by Gasteiger charge is 2.14. The summed E-state index contributed by atoms with van der Waals surface area (Å²) in [5.41, 5.74) is 1.29. The van der Waals surface area contributed by atoms with Gasteiger partial charge in [-0.05, 0) is 53.6 Å². The number of anilines is 1. The Morgan fingerprint density at radius 2 is 1.60 bits per heavy atom. The van der Waals surface area contributed by atoms with Crippen molar-refractivity contribution in [3.8, 4) is 0 Å². The van der Waals surface area contributed by atoms with Crippen LogP contribution in [-0.4, -0.2) is 14.2 Å². The largest absolute Gasteiger partial charge is 0.295 e. The molecule has 1 N–H and O–H groups in total. The van der Waals surface area contributed by atoms with Crippen LogP contribution < -0.4 is 4.72 Å². The smallest absolute Gasteiger partial charge is 0.261 e. The summed E-state index contributed by atoms with van der Waals surface area (Å²) >= 11 is 0. The molecule has 126 valence electrons. The second-order valence-corrected chi connectivity index (χ2v) is 7.36. The summed E-state index contributed by atoms with van der Waals surface area (Å²) in [7, 11) is -3.67. The molecule has 0 heterocycles. The molecule has 25 heavy (non-hydrogen) atoms. The van der Waals surface area contributed by atoms with Gasteiger partial charge < -0.3 is 0 Å². The Bertz CT molecular complexity index is 1050. The standard InChI is InChI=1S/C20H17NO3S/c1-15(22)6-7-16-8-11-19(12-9-16)21-25(23,24)20-13-10-17-4-2-3-5-18(17)14-20/h2-14,21H,1H3/b7-6+. The summed E-state index contributed by atoms with van der Waals surface area (Å²) in [4.78, 5) is 11.2. The van der Waals surface area contributed by atoms with Crippen molar-refractivity contribution in [3.05, 3.63) is 78.4 Å². The molecule has 0 bridgehead atoms. The van der Waals surface area contributed by atoms with Crippen LogP contribution in [0.15, 0.2) is 77.7 Å². The fourth-order valence-electron chi connectivity index (χ4n) is 2.42. The maximum absolute atomic E-state index is 12.6. The number of ketones is 1. The third-order valence-corrected chi connectivity index (χ3v) is 5.08. The fraction of sp³-hybridized carbons (Fsp3) is 0.0500. The number of hydrogen-bond acceptors (Lipinski definition) is 3. The summed E-state index contributed by atoms with van der Waals surface area (Å²) < 4.78 is 27.7. The number of sulfonamides is 1. The summed E-state index contributed by atoms with van der Waals surface area (Å²) in [5, 5.41) is 1.86. The van der Waals surface area contributed by atoms with E-state index in [1.54, 1.807) is 48.5 Å². The van der Waals surface area contributed by atoms with E-state index in [0.717, 1.165) is 16.3 Å². The van der Waals surface area contributed by atoms with E-state index in [1.807, 2.05) is 24.3 Å². The minimum Gasteiger partial charge on any atom is -0.295 e. The Hall–Kier alpha value is -2.92. The molecule has 5 heteroatoms. The second-order valence-electron chi connectivity index (χ2n) is 5.68. The lowest BCUT2D eigenvalue weighted by Gasteiger charge is -2.09. The lowest BCUT2D eigenvalue weighted by Crippen LogP contribution is -2.12. The van der Waals surface area contributed by atoms with Crippen LogP contribution in [0.3, 0.4) is 0 Å². The number of nitrogens with one attached hydrogen (secondary N) is 1. The van der Waals surface area contributed by atoms with Crippen LogP contribution >= 0.6 is 0 Å². The molecule has 4 nitrogen and oxygen atoms in total. The predicted octanol–water partition coefficient (Wildman–Crippen LogP) is 4.24. The van der Waals surface area contributed by atoms with Crippen molar-refractivity contribution >= 4 is 38.3 Å². The van der Waals surface area contributed by atoms with Crippen molar-refractivity contribution in [2.24, 2.45) is 0 Å². The van der Waals surface area contributed by atoms with E-state index < -0.39 is 10.0 Å². The molecule has 0 amide bonds. The molecule has 0 saturated heterocycles. The molecule has 0 unspecified atom stereocenters. The molecule has 0 radical (unpaired) electrons. The molecular weight excluding hydrogens is 334 g/mol. The quantitative estimate of drug-likeness (QED) is 0.699. The molecule has 3 aromatic rings. The SMILES string of the molecule is CC(=O)/C=C/c1ccc(NS(=O)(=O)c2ccc3ccccc3c2)cc1. The van der Waals surface area contributed by atoms with Crippen LogP contribution in [0.5, 0.6) is 0 Å². The second kappa shape index (κ2) is 6.91. The zero-order valence-corrected chi connectivity index (χ0v) is 14.5. The van der Waals surface area contributed by atoms with Crippen molar-refractivity contribution in [3.63, 3.8) is 0 Å². The molecule has 0 aromatic heterocycles. The predicted molar refractivity (Wildman–Crippen MR) is 101 cm³/mol. The normalized spacial score (nSPS) is 11.7. The monoisotopic (exact) mass is 351 g/mol. The maximum Gasteiger partial charge on any atom is 0.261 e. The first-order valence-corrected chi connectivity index (χ1v) is 9.23. The topological polar surface area (TPSA) is 63.2 Å². The molecule has 0 spiro atoms. The highest BCUT2D eigenvalue weighted by Crippen LogP contribution is 2.21. The van der Waals surface area contributed by atoms with E-state index in [4.69, 9.17) is 0 Å². The number of hydrogen-bond donors (Lipinski definition) is 1. The number of rotatable bonds is 5. The molecular formula is C20H17NO3S. The first-order valence-electron chi connectivity index (χ1n) is 7.74. The number of fused-ring (bicyclic) bond motifs is 1. The minimum absolute atomic E-state index is 0.0407. The average molecular weight is 351 g/mol. The number of carbonyl (C=O) groups excluding carboxylic acids is 1. The lowest BCUT2D eigenvalue weighted by molar-refractivity contribution is -0.112. The fourth-order valence-corrected chi connectivity index (χ4v) is 3.52. The van der Waals surface area contributed by atoms with Gasteiger partial charge in [0.15, 0.2) is 5.78 Å². The Labute approximate surface area is 146 Å². The third kappa shape index (κ3) is 4.14. The Balaban J connectivity index is 1.83. The van der Waals surface area contributed by atoms with Crippen LogP contribution in [0.1, 0.15) is 12.5 Å². The Morgan fingerprint density at radius 3 is 2.28 bits per heavy atom. The van der Waals surface area contributed by atoms with E-state index in [-0.39, 0.29) is 10.7 Å². The van der Waals surface area contributed by atoms with Gasteiger partial charge in [0, 0.05) is 5.69 Å². The van der Waals surface area contributed by atoms with Gasteiger partial charge in [0.2, 0.25) is 0 Å². The molecule has 0 aliphatic rings. The van der Waals surface area contributed by atoms with Gasteiger partial charge in [-0.2, -0.15) is 0 Å². The highest BCUT2D eigenvalue weighted by molar-refractivity contribution is 7.92. The van der Waals surface area contributed by atoms with Gasteiger partial charge in [0.25, 0.3) is 10.0 Å². The molecule has 0 saturated carbocycles. The number of benzene rings is 3. The van der Waals surface area contributed by atoms with E-state index in [0.29, 0.717) is 5.69 Å². The van der Waals surface area contributed by atoms with Gasteiger partial charge in [0.05, 0.1) is 4.90 Å². The van der Waals surface area contributed by atoms with Crippen LogP contribution in [0.2, 0.25) is 0 Å². The highest BCUT2D eigenvalue weighted by atomic mass is 32.2. The van der Waals surface area contributed by atoms with Gasteiger partial charge in [0.1, 0.15) is 0 Å². The van der Waals surface area contributed by atoms with Gasteiger partial charge in [-0.1, -0.05) is 48.5 Å². The first kappa shape index (κ1) is 16.9. The molecule has 3 aromatic carbocycles. The van der Waals surface area contributed by atoms with Crippen molar-refractivity contribution < 1.29 is 13.2 Å². The Morgan fingerprint density at radius 1 is 0.920 bits per heavy atom. The van der Waals surface area contributed by atoms with E-state index >= 15 is 0 Å². The summed E-state index contributed by atoms with van der Waals surface area (Å²) in [6.45, 7) is 1.47. The van der Waals surface area contributed by atoms with Crippen molar-refractivity contribution in [2.75, 3.05) is 4.72 Å². The Kier molecular flexibility index (Phi) is 4.67. The number of carbonyl (C=O) groups is 1. The van der Waals surface area contributed by atoms with Crippen molar-refractivity contribution in [1.29, 1.82) is 0 Å². The summed E-state index contributed by atoms with van der Waals surface area (Å²) in [6, 6.07) is 19.5. The molecule has 3 rings (SSSR count). The van der Waals surface area contributed by atoms with Crippen LogP contribution in [0.25, 0.3) is 16.8 Å². The average Bonchev–Trinajstić information content (AvgIpc) is 2.60. The molecule has 0 fully saturated rings. The zero-order chi connectivity index (χ0) is 17.9. The third-order valence-electron chi connectivity index (χ3n) is 3.70. The summed E-state index contributed by atoms with van der Waals surface area (Å²) in [6.07, 6.45) is 3.15. The van der Waals surface area contributed by atoms with Crippen LogP contribution in [-0.2, 0) is 14.8 Å². The minimum atomic E-state index is -3.67. The van der Waals surface area contributed by atoms with E-state index in [9.17, 15) is 13.2 Å². The van der Waals surface area contributed by atoms with Gasteiger partial charge in [-0.3, -0.25) is 9.52 Å². The molecule has 0 aliphatic heterocycles. The van der Waals surface area contributed by atoms with Crippen LogP contribution in [0, 0.1) is 0 Å². The summed E-state index contributed by atoms with van der Waals surface area (Å²) in [5.74, 6) is -0.0407. The zero-order valence-electron chi connectivity index (χ0n) is 13.6. The van der Waals surface area contributed by atoms with Crippen molar-refractivity contribution in [1.82, 2.24) is 0 Å². The maximum atomic E-state index is 12.6. The van der Waals surface area contributed by atoms with Gasteiger partial charge in [-0.25, -0.2) is 8.42 Å². The number of allylic oxidation sites excluding steroid dienone is 1. The van der Waals surface area contributed by atoms with Gasteiger partial charge in [-0.15, -0.1) is 0 Å². The lowest BCUT2D eigenvalue weighted by atomic mass is 10.1. The molecule has 0 atom stereocenters. The van der Waals surface area contributed by atoms with Gasteiger partial charge >= 0.3 is 0 Å². The first-order chi connectivity index (χ1) is 11.9. The molecule has 0 aliphatic carbocycles. The van der Waals surface area contributed by atoms with E-state index in [2.05, 4.69) is 4.72 Å². The van der Waals surface area contributed by atoms with Crippen molar-refractivity contribution in [2.45, 2.75) is 11.8 Å². The van der Waals surface area contributed by atoms with E-state index in [1.165, 1.54) is 13.0 Å². The van der Waals surface area contributed by atoms with Crippen LogP contribution in [0.4, 0.5) is 5.69 Å².